The first-order valence-electron chi connectivity index (χ1n) is 7.58. The molecule has 7 heteroatoms. The van der Waals surface area contributed by atoms with Gasteiger partial charge in [0.15, 0.2) is 0 Å². The summed E-state index contributed by atoms with van der Waals surface area (Å²) >= 11 is 3.40. The summed E-state index contributed by atoms with van der Waals surface area (Å²) in [5.41, 5.74) is 1.29. The zero-order valence-corrected chi connectivity index (χ0v) is 14.1. The van der Waals surface area contributed by atoms with E-state index in [-0.39, 0.29) is 5.91 Å². The third-order valence-corrected chi connectivity index (χ3v) is 4.30. The van der Waals surface area contributed by atoms with Gasteiger partial charge in [-0.25, -0.2) is 0 Å². The number of carbonyl (C=O) groups excluding carboxylic acids is 1. The van der Waals surface area contributed by atoms with E-state index in [4.69, 9.17) is 0 Å². The van der Waals surface area contributed by atoms with E-state index >= 15 is 0 Å². The van der Waals surface area contributed by atoms with E-state index in [9.17, 15) is 4.79 Å². The van der Waals surface area contributed by atoms with Crippen molar-refractivity contribution in [2.24, 2.45) is 5.92 Å². The minimum Gasteiger partial charge on any atom is -0.314 e. The molecule has 0 aliphatic heterocycles. The molecule has 3 rings (SSSR count). The fourth-order valence-corrected chi connectivity index (χ4v) is 3.02. The maximum atomic E-state index is 12.1. The van der Waals surface area contributed by atoms with Gasteiger partial charge >= 0.3 is 0 Å². The number of nitrogens with zero attached hydrogens (tertiary/aromatic N) is 3. The smallest absolute Gasteiger partial charge is 0.300 e. The minimum absolute atomic E-state index is 0.321. The summed E-state index contributed by atoms with van der Waals surface area (Å²) < 4.78 is 0.847. The van der Waals surface area contributed by atoms with Crippen LogP contribution in [0.1, 0.15) is 32.1 Å². The van der Waals surface area contributed by atoms with Gasteiger partial charge in [-0.3, -0.25) is 4.79 Å². The van der Waals surface area contributed by atoms with E-state index in [2.05, 4.69) is 53.7 Å². The van der Waals surface area contributed by atoms with Gasteiger partial charge in [0.2, 0.25) is 5.82 Å². The normalized spacial score (nSPS) is 14.8. The van der Waals surface area contributed by atoms with Crippen molar-refractivity contribution in [2.75, 3.05) is 5.32 Å². The number of rotatable bonds is 2. The second-order valence-electron chi connectivity index (χ2n) is 5.48. The van der Waals surface area contributed by atoms with Crippen LogP contribution in [0.3, 0.4) is 0 Å². The van der Waals surface area contributed by atoms with Gasteiger partial charge in [-0.1, -0.05) is 41.1 Å². The van der Waals surface area contributed by atoms with Crippen LogP contribution >= 0.6 is 15.9 Å². The Labute approximate surface area is 142 Å². The number of halogens is 1. The summed E-state index contributed by atoms with van der Waals surface area (Å²) in [4.78, 5) is 12.1. The van der Waals surface area contributed by atoms with Gasteiger partial charge in [0.1, 0.15) is 0 Å². The molecule has 0 bridgehead atoms. The molecule has 2 aromatic rings. The summed E-state index contributed by atoms with van der Waals surface area (Å²) in [6, 6.07) is 5.47. The SMILES string of the molecule is O=C(C#CC1CCCCC1)Nc1cc(Br)ccc1-c1nn[nH]n1. The Balaban J connectivity index is 1.75. The molecule has 118 valence electrons. The van der Waals surface area contributed by atoms with Crippen molar-refractivity contribution in [2.45, 2.75) is 32.1 Å². The summed E-state index contributed by atoms with van der Waals surface area (Å²) in [6.07, 6.45) is 5.86. The summed E-state index contributed by atoms with van der Waals surface area (Å²) in [5, 5.41) is 16.7. The molecule has 1 amide bonds. The Morgan fingerprint density at radius 3 is 2.87 bits per heavy atom. The first-order chi connectivity index (χ1) is 11.2. The number of aromatic amines is 1. The van der Waals surface area contributed by atoms with E-state index in [1.165, 1.54) is 19.3 Å². The maximum absolute atomic E-state index is 12.1. The number of anilines is 1. The average Bonchev–Trinajstić information content (AvgIpc) is 3.08. The van der Waals surface area contributed by atoms with Gasteiger partial charge in [0, 0.05) is 16.0 Å². The van der Waals surface area contributed by atoms with Crippen molar-refractivity contribution in [3.05, 3.63) is 22.7 Å². The largest absolute Gasteiger partial charge is 0.314 e. The summed E-state index contributed by atoms with van der Waals surface area (Å²) in [6.45, 7) is 0. The molecule has 1 heterocycles. The highest BCUT2D eigenvalue weighted by Crippen LogP contribution is 2.28. The van der Waals surface area contributed by atoms with E-state index in [1.54, 1.807) is 6.07 Å². The molecule has 1 aromatic heterocycles. The van der Waals surface area contributed by atoms with Crippen LogP contribution in [0.4, 0.5) is 5.69 Å². The van der Waals surface area contributed by atoms with E-state index < -0.39 is 0 Å². The van der Waals surface area contributed by atoms with Crippen LogP contribution in [0.25, 0.3) is 11.4 Å². The Kier molecular flexibility index (Phi) is 5.03. The standard InChI is InChI=1S/C16H16BrN5O/c17-12-7-8-13(16-19-21-22-20-16)14(10-12)18-15(23)9-6-11-4-2-1-3-5-11/h7-8,10-11H,1-5H2,(H,18,23)(H,19,20,21,22). The number of tetrazole rings is 1. The average molecular weight is 374 g/mol. The number of benzene rings is 1. The zero-order chi connectivity index (χ0) is 16.1. The molecule has 1 aromatic carbocycles. The van der Waals surface area contributed by atoms with Gasteiger partial charge < -0.3 is 5.32 Å². The molecule has 0 atom stereocenters. The molecule has 0 spiro atoms. The lowest BCUT2D eigenvalue weighted by Gasteiger charge is -2.15. The molecule has 6 nitrogen and oxygen atoms in total. The predicted molar refractivity (Wildman–Crippen MR) is 90.3 cm³/mol. The number of amides is 1. The van der Waals surface area contributed by atoms with Crippen LogP contribution in [0, 0.1) is 17.8 Å². The molecule has 23 heavy (non-hydrogen) atoms. The fraction of sp³-hybridized carbons (Fsp3) is 0.375. The summed E-state index contributed by atoms with van der Waals surface area (Å²) in [5.74, 6) is 6.24. The van der Waals surface area contributed by atoms with Crippen LogP contribution in [0.5, 0.6) is 0 Å². The van der Waals surface area contributed by atoms with Gasteiger partial charge in [0.25, 0.3) is 5.91 Å². The molecule has 1 aliphatic carbocycles. The van der Waals surface area contributed by atoms with Gasteiger partial charge in [-0.05, 0) is 42.2 Å². The van der Waals surface area contributed by atoms with Crippen LogP contribution in [-0.4, -0.2) is 26.5 Å². The molecular formula is C16H16BrN5O. The lowest BCUT2D eigenvalue weighted by atomic mass is 9.90. The maximum Gasteiger partial charge on any atom is 0.300 e. The number of carbonyl (C=O) groups is 1. The Bertz CT molecular complexity index is 742. The number of H-pyrrole nitrogens is 1. The third-order valence-electron chi connectivity index (χ3n) is 3.81. The van der Waals surface area contributed by atoms with Crippen LogP contribution < -0.4 is 5.32 Å². The predicted octanol–water partition coefficient (Wildman–Crippen LogP) is 3.15. The van der Waals surface area contributed by atoms with E-state index in [0.29, 0.717) is 23.0 Å². The number of hydrogen-bond acceptors (Lipinski definition) is 4. The Morgan fingerprint density at radius 2 is 2.13 bits per heavy atom. The molecular weight excluding hydrogens is 358 g/mol. The quantitative estimate of drug-likeness (QED) is 0.791. The lowest BCUT2D eigenvalue weighted by Crippen LogP contribution is -2.11. The van der Waals surface area contributed by atoms with Gasteiger partial charge in [-0.15, -0.1) is 10.2 Å². The van der Waals surface area contributed by atoms with Crippen molar-refractivity contribution < 1.29 is 4.79 Å². The van der Waals surface area contributed by atoms with Crippen LogP contribution in [0.2, 0.25) is 0 Å². The third kappa shape index (κ3) is 4.17. The van der Waals surface area contributed by atoms with E-state index in [1.807, 2.05) is 12.1 Å². The highest BCUT2D eigenvalue weighted by Gasteiger charge is 2.13. The van der Waals surface area contributed by atoms with Gasteiger partial charge in [-0.2, -0.15) is 5.21 Å². The van der Waals surface area contributed by atoms with Crippen molar-refractivity contribution in [1.82, 2.24) is 20.6 Å². The second kappa shape index (κ2) is 7.38. The molecule has 1 saturated carbocycles. The molecule has 0 radical (unpaired) electrons. The molecule has 0 unspecified atom stereocenters. The minimum atomic E-state index is -0.321. The van der Waals surface area contributed by atoms with Crippen LogP contribution in [-0.2, 0) is 4.79 Å². The second-order valence-corrected chi connectivity index (χ2v) is 6.40. The molecule has 2 N–H and O–H groups in total. The van der Waals surface area contributed by atoms with Gasteiger partial charge in [0.05, 0.1) is 5.69 Å². The number of aromatic nitrogens is 4. The lowest BCUT2D eigenvalue weighted by molar-refractivity contribution is -0.111. The Morgan fingerprint density at radius 1 is 1.30 bits per heavy atom. The van der Waals surface area contributed by atoms with Crippen molar-refractivity contribution in [1.29, 1.82) is 0 Å². The Hall–Kier alpha value is -2.20. The topological polar surface area (TPSA) is 83.6 Å². The summed E-state index contributed by atoms with van der Waals surface area (Å²) in [7, 11) is 0. The van der Waals surface area contributed by atoms with Crippen molar-refractivity contribution in [3.8, 4) is 23.2 Å². The highest BCUT2D eigenvalue weighted by molar-refractivity contribution is 9.10. The molecule has 1 aliphatic rings. The highest BCUT2D eigenvalue weighted by atomic mass is 79.9. The van der Waals surface area contributed by atoms with Crippen molar-refractivity contribution in [3.63, 3.8) is 0 Å². The van der Waals surface area contributed by atoms with Crippen molar-refractivity contribution >= 4 is 27.5 Å². The molecule has 0 saturated heterocycles. The number of nitrogens with one attached hydrogen (secondary N) is 2. The first kappa shape index (κ1) is 15.7. The van der Waals surface area contributed by atoms with E-state index in [0.717, 1.165) is 17.3 Å². The van der Waals surface area contributed by atoms with Crippen LogP contribution in [0.15, 0.2) is 22.7 Å². The molecule has 1 fully saturated rings. The first-order valence-corrected chi connectivity index (χ1v) is 8.37. The monoisotopic (exact) mass is 373 g/mol. The zero-order valence-electron chi connectivity index (χ0n) is 12.5. The fourth-order valence-electron chi connectivity index (χ4n) is 2.66. The number of hydrogen-bond donors (Lipinski definition) is 2.